The molecule has 0 radical (unpaired) electrons. The Kier molecular flexibility index (Phi) is 4.40. The lowest BCUT2D eigenvalue weighted by Crippen LogP contribution is -2.11. The fourth-order valence-corrected chi connectivity index (χ4v) is 3.36. The molecule has 112 valence electrons. The van der Waals surface area contributed by atoms with Crippen LogP contribution in [0.15, 0.2) is 46.9 Å². The van der Waals surface area contributed by atoms with Crippen LogP contribution in [-0.4, -0.2) is 17.5 Å². The predicted molar refractivity (Wildman–Crippen MR) is 92.9 cm³/mol. The number of carbonyl (C=O) groups excluding carboxylic acids is 1. The van der Waals surface area contributed by atoms with E-state index in [0.29, 0.717) is 17.3 Å². The van der Waals surface area contributed by atoms with Gasteiger partial charge in [-0.3, -0.25) is 10.1 Å². The second-order valence-electron chi connectivity index (χ2n) is 4.52. The number of thiazole rings is 1. The molecule has 1 heterocycles. The number of halogens is 1. The van der Waals surface area contributed by atoms with Crippen LogP contribution in [0.5, 0.6) is 5.75 Å². The van der Waals surface area contributed by atoms with Crippen molar-refractivity contribution in [1.29, 1.82) is 0 Å². The minimum atomic E-state index is -0.192. The monoisotopic (exact) mass is 376 g/mol. The van der Waals surface area contributed by atoms with Crippen LogP contribution < -0.4 is 10.1 Å². The van der Waals surface area contributed by atoms with Crippen LogP contribution in [0, 0.1) is 0 Å². The first-order chi connectivity index (χ1) is 10.7. The number of nitrogens with one attached hydrogen (secondary N) is 1. The number of nitrogens with zero attached hydrogens (tertiary/aromatic N) is 1. The van der Waals surface area contributed by atoms with Crippen LogP contribution >= 0.6 is 27.3 Å². The Bertz CT molecular complexity index is 799. The first-order valence-corrected chi connectivity index (χ1v) is 8.37. The zero-order valence-corrected chi connectivity index (χ0v) is 14.2. The molecule has 0 saturated heterocycles. The zero-order valence-electron chi connectivity index (χ0n) is 11.8. The summed E-state index contributed by atoms with van der Waals surface area (Å²) in [7, 11) is 0. The van der Waals surface area contributed by atoms with Crippen molar-refractivity contribution in [3.63, 3.8) is 0 Å². The van der Waals surface area contributed by atoms with Crippen molar-refractivity contribution < 1.29 is 9.53 Å². The van der Waals surface area contributed by atoms with Crippen LogP contribution in [0.1, 0.15) is 17.3 Å². The van der Waals surface area contributed by atoms with E-state index in [-0.39, 0.29) is 5.91 Å². The summed E-state index contributed by atoms with van der Waals surface area (Å²) in [5.74, 6) is 0.529. The smallest absolute Gasteiger partial charge is 0.257 e. The number of para-hydroxylation sites is 1. The van der Waals surface area contributed by atoms with Crippen molar-refractivity contribution >= 4 is 48.5 Å². The summed E-state index contributed by atoms with van der Waals surface area (Å²) in [4.78, 5) is 16.7. The number of aromatic nitrogens is 1. The van der Waals surface area contributed by atoms with Crippen LogP contribution in [-0.2, 0) is 0 Å². The number of hydrogen-bond donors (Lipinski definition) is 1. The van der Waals surface area contributed by atoms with Gasteiger partial charge in [-0.2, -0.15) is 0 Å². The van der Waals surface area contributed by atoms with Gasteiger partial charge in [0.15, 0.2) is 5.13 Å². The molecule has 0 aliphatic carbocycles. The Labute approximate surface area is 140 Å². The number of hydrogen-bond acceptors (Lipinski definition) is 4. The molecule has 0 aliphatic heterocycles. The highest BCUT2D eigenvalue weighted by atomic mass is 79.9. The standard InChI is InChI=1S/C16H13BrN2O2S/c1-2-21-13-8-7-10(9-11(13)17)15(20)19-16-18-12-5-3-4-6-14(12)22-16/h3-9H,2H2,1H3,(H,18,19,20). The van der Waals surface area contributed by atoms with Gasteiger partial charge in [0.1, 0.15) is 5.75 Å². The van der Waals surface area contributed by atoms with E-state index >= 15 is 0 Å². The van der Waals surface area contributed by atoms with Gasteiger partial charge in [0.25, 0.3) is 5.91 Å². The molecule has 0 saturated carbocycles. The molecule has 3 aromatic rings. The van der Waals surface area contributed by atoms with Gasteiger partial charge >= 0.3 is 0 Å². The summed E-state index contributed by atoms with van der Waals surface area (Å²) in [5.41, 5.74) is 1.44. The van der Waals surface area contributed by atoms with Gasteiger partial charge in [-0.1, -0.05) is 23.5 Å². The Balaban J connectivity index is 1.80. The van der Waals surface area contributed by atoms with Crippen molar-refractivity contribution in [3.05, 3.63) is 52.5 Å². The molecule has 3 rings (SSSR count). The molecular formula is C16H13BrN2O2S. The van der Waals surface area contributed by atoms with E-state index in [1.54, 1.807) is 18.2 Å². The van der Waals surface area contributed by atoms with Crippen LogP contribution in [0.2, 0.25) is 0 Å². The van der Waals surface area contributed by atoms with Gasteiger partial charge in [0.2, 0.25) is 0 Å². The fourth-order valence-electron chi connectivity index (χ4n) is 2.01. The van der Waals surface area contributed by atoms with Crippen molar-refractivity contribution in [1.82, 2.24) is 4.98 Å². The number of carbonyl (C=O) groups is 1. The van der Waals surface area contributed by atoms with E-state index < -0.39 is 0 Å². The van der Waals surface area contributed by atoms with Crippen molar-refractivity contribution in [3.8, 4) is 5.75 Å². The van der Waals surface area contributed by atoms with Gasteiger partial charge in [-0.15, -0.1) is 0 Å². The third-order valence-electron chi connectivity index (χ3n) is 3.01. The minimum Gasteiger partial charge on any atom is -0.493 e. The van der Waals surface area contributed by atoms with Crippen molar-refractivity contribution in [2.24, 2.45) is 0 Å². The molecule has 0 spiro atoms. The van der Waals surface area contributed by atoms with E-state index in [2.05, 4.69) is 26.2 Å². The van der Waals surface area contributed by atoms with Crippen LogP contribution in [0.25, 0.3) is 10.2 Å². The molecule has 1 aromatic heterocycles. The average Bonchev–Trinajstić information content (AvgIpc) is 2.91. The second-order valence-corrected chi connectivity index (χ2v) is 6.40. The van der Waals surface area contributed by atoms with E-state index in [1.165, 1.54) is 11.3 Å². The molecule has 0 unspecified atom stereocenters. The van der Waals surface area contributed by atoms with Crippen LogP contribution in [0.3, 0.4) is 0 Å². The maximum atomic E-state index is 12.3. The highest BCUT2D eigenvalue weighted by Gasteiger charge is 2.12. The Hall–Kier alpha value is -1.92. The van der Waals surface area contributed by atoms with Gasteiger partial charge in [0.05, 0.1) is 21.3 Å². The minimum absolute atomic E-state index is 0.192. The number of ether oxygens (including phenoxy) is 1. The second kappa shape index (κ2) is 6.46. The summed E-state index contributed by atoms with van der Waals surface area (Å²) in [5, 5.41) is 3.43. The molecule has 6 heteroatoms. The molecule has 4 nitrogen and oxygen atoms in total. The van der Waals surface area contributed by atoms with Gasteiger partial charge < -0.3 is 4.74 Å². The summed E-state index contributed by atoms with van der Waals surface area (Å²) < 4.78 is 7.24. The van der Waals surface area contributed by atoms with Crippen molar-refractivity contribution in [2.45, 2.75) is 6.92 Å². The zero-order chi connectivity index (χ0) is 15.5. The SMILES string of the molecule is CCOc1ccc(C(=O)Nc2nc3ccccc3s2)cc1Br. The molecule has 22 heavy (non-hydrogen) atoms. The number of fused-ring (bicyclic) bond motifs is 1. The highest BCUT2D eigenvalue weighted by Crippen LogP contribution is 2.28. The summed E-state index contributed by atoms with van der Waals surface area (Å²) >= 11 is 4.87. The van der Waals surface area contributed by atoms with E-state index in [4.69, 9.17) is 4.74 Å². The molecular weight excluding hydrogens is 364 g/mol. The molecule has 0 aliphatic rings. The molecule has 1 N–H and O–H groups in total. The Morgan fingerprint density at radius 2 is 2.14 bits per heavy atom. The first-order valence-electron chi connectivity index (χ1n) is 6.76. The lowest BCUT2D eigenvalue weighted by atomic mass is 10.2. The maximum Gasteiger partial charge on any atom is 0.257 e. The number of benzene rings is 2. The first kappa shape index (κ1) is 15.0. The molecule has 0 atom stereocenters. The summed E-state index contributed by atoms with van der Waals surface area (Å²) in [6, 6.07) is 13.0. The third kappa shape index (κ3) is 3.13. The Morgan fingerprint density at radius 1 is 1.32 bits per heavy atom. The summed E-state index contributed by atoms with van der Waals surface area (Å²) in [6.45, 7) is 2.50. The summed E-state index contributed by atoms with van der Waals surface area (Å²) in [6.07, 6.45) is 0. The van der Waals surface area contributed by atoms with Crippen molar-refractivity contribution in [2.75, 3.05) is 11.9 Å². The molecule has 0 fully saturated rings. The Morgan fingerprint density at radius 3 is 2.86 bits per heavy atom. The van der Waals surface area contributed by atoms with E-state index in [9.17, 15) is 4.79 Å². The fraction of sp³-hybridized carbons (Fsp3) is 0.125. The van der Waals surface area contributed by atoms with Gasteiger partial charge in [0, 0.05) is 5.56 Å². The lowest BCUT2D eigenvalue weighted by molar-refractivity contribution is 0.102. The normalized spacial score (nSPS) is 10.6. The number of anilines is 1. The highest BCUT2D eigenvalue weighted by molar-refractivity contribution is 9.10. The third-order valence-corrected chi connectivity index (χ3v) is 4.58. The van der Waals surface area contributed by atoms with Gasteiger partial charge in [-0.05, 0) is 53.2 Å². The lowest BCUT2D eigenvalue weighted by Gasteiger charge is -2.07. The number of amides is 1. The largest absolute Gasteiger partial charge is 0.493 e. The molecule has 2 aromatic carbocycles. The number of rotatable bonds is 4. The molecule has 1 amide bonds. The molecule has 0 bridgehead atoms. The van der Waals surface area contributed by atoms with Crippen LogP contribution in [0.4, 0.5) is 5.13 Å². The maximum absolute atomic E-state index is 12.3. The van der Waals surface area contributed by atoms with Gasteiger partial charge in [-0.25, -0.2) is 4.98 Å². The van der Waals surface area contributed by atoms with E-state index in [0.717, 1.165) is 20.4 Å². The van der Waals surface area contributed by atoms with E-state index in [1.807, 2.05) is 31.2 Å². The topological polar surface area (TPSA) is 51.2 Å². The predicted octanol–water partition coefficient (Wildman–Crippen LogP) is 4.71. The average molecular weight is 377 g/mol. The quantitative estimate of drug-likeness (QED) is 0.717.